The van der Waals surface area contributed by atoms with Crippen LogP contribution in [0.1, 0.15) is 39.2 Å². The summed E-state index contributed by atoms with van der Waals surface area (Å²) in [5.41, 5.74) is 5.95. The van der Waals surface area contributed by atoms with Crippen molar-refractivity contribution in [2.45, 2.75) is 43.9 Å². The van der Waals surface area contributed by atoms with E-state index in [9.17, 15) is 4.79 Å². The first kappa shape index (κ1) is 27.6. The summed E-state index contributed by atoms with van der Waals surface area (Å²) < 4.78 is 35.0. The summed E-state index contributed by atoms with van der Waals surface area (Å²) >= 11 is 1.17. The molecule has 0 unspecified atom stereocenters. The molecule has 1 fully saturated rings. The smallest absolute Gasteiger partial charge is 0.239 e. The molecule has 0 aliphatic carbocycles. The van der Waals surface area contributed by atoms with Gasteiger partial charge in [0.25, 0.3) is 0 Å². The number of likely N-dealkylation sites (tertiary alicyclic amines) is 1. The zero-order chi connectivity index (χ0) is 28.7. The van der Waals surface area contributed by atoms with Gasteiger partial charge < -0.3 is 20.7 Å². The molecular formula is C28H29F2N7O2S. The maximum atomic E-state index is 15.5. The number of anilines is 2. The van der Waals surface area contributed by atoms with E-state index in [1.807, 2.05) is 11.8 Å². The maximum absolute atomic E-state index is 15.5. The van der Waals surface area contributed by atoms with Gasteiger partial charge >= 0.3 is 0 Å². The Bertz CT molecular complexity index is 1560. The van der Waals surface area contributed by atoms with Crippen LogP contribution >= 0.6 is 11.8 Å². The van der Waals surface area contributed by atoms with Gasteiger partial charge in [0.1, 0.15) is 28.9 Å². The third-order valence-electron chi connectivity index (χ3n) is 7.76. The minimum atomic E-state index is -1.34. The number of rotatable bonds is 6. The summed E-state index contributed by atoms with van der Waals surface area (Å²) in [6.45, 7) is 6.72. The van der Waals surface area contributed by atoms with Gasteiger partial charge in [-0.3, -0.25) is 9.79 Å². The lowest BCUT2D eigenvalue weighted by Crippen LogP contribution is -2.56. The predicted octanol–water partition coefficient (Wildman–Crippen LogP) is 4.35. The van der Waals surface area contributed by atoms with E-state index < -0.39 is 27.8 Å². The average molecular weight is 566 g/mol. The number of halogens is 2. The number of nitrogens with zero attached hydrogens (tertiary/aromatic N) is 5. The van der Waals surface area contributed by atoms with Crippen molar-refractivity contribution in [2.24, 2.45) is 16.6 Å². The number of hydrogen-bond acceptors (Lipinski definition) is 9. The Kier molecular flexibility index (Phi) is 7.27. The van der Waals surface area contributed by atoms with E-state index in [0.717, 1.165) is 18.9 Å². The van der Waals surface area contributed by atoms with Crippen molar-refractivity contribution in [2.75, 3.05) is 25.0 Å². The summed E-state index contributed by atoms with van der Waals surface area (Å²) in [5, 5.41) is 3.18. The van der Waals surface area contributed by atoms with E-state index in [1.165, 1.54) is 30.4 Å². The van der Waals surface area contributed by atoms with Crippen molar-refractivity contribution in [1.82, 2.24) is 19.9 Å². The number of nitrogens with one attached hydrogen (secondary N) is 1. The Hall–Kier alpha value is -3.98. The molecule has 1 amide bonds. The minimum absolute atomic E-state index is 0.0255. The summed E-state index contributed by atoms with van der Waals surface area (Å²) in [6, 6.07) is 4.16. The van der Waals surface area contributed by atoms with E-state index in [-0.39, 0.29) is 34.8 Å². The number of carbonyl (C=O) groups excluding carboxylic acids is 1. The first-order valence-electron chi connectivity index (χ1n) is 12.8. The first-order valence-corrected chi connectivity index (χ1v) is 13.7. The lowest BCUT2D eigenvalue weighted by Gasteiger charge is -2.47. The molecule has 1 saturated heterocycles. The zero-order valence-corrected chi connectivity index (χ0v) is 23.2. The van der Waals surface area contributed by atoms with Gasteiger partial charge in [0.15, 0.2) is 22.6 Å². The molecule has 4 heterocycles. The van der Waals surface area contributed by atoms with E-state index in [1.54, 1.807) is 19.9 Å². The molecule has 208 valence electrons. The molecule has 0 bridgehead atoms. The van der Waals surface area contributed by atoms with E-state index in [4.69, 9.17) is 16.9 Å². The van der Waals surface area contributed by atoms with Crippen molar-refractivity contribution in [1.29, 1.82) is 0 Å². The van der Waals surface area contributed by atoms with Gasteiger partial charge in [0.05, 0.1) is 17.3 Å². The number of nitrogens with two attached hydrogens (primary N) is 1. The number of carbonyl (C=O) groups is 1. The molecule has 9 nitrogen and oxygen atoms in total. The number of terminal acetylenes is 1. The normalized spacial score (nSPS) is 24.4. The van der Waals surface area contributed by atoms with Crippen molar-refractivity contribution in [3.05, 3.63) is 47.9 Å². The number of pyridine rings is 1. The Balaban J connectivity index is 1.53. The van der Waals surface area contributed by atoms with Crippen LogP contribution in [0.4, 0.5) is 20.3 Å². The molecule has 2 aliphatic heterocycles. The number of amidine groups is 1. The summed E-state index contributed by atoms with van der Waals surface area (Å²) in [5.74, 6) is 0.353. The fourth-order valence-electron chi connectivity index (χ4n) is 5.33. The SMILES string of the molecule is C#CCOc1cnc2c(Nc3cc(F)c(F)c([C@@]4(C)N=C(N)S[C@](C)(C(=O)N5CCCC5)[C@H]4C)c3)ncnc2c1. The van der Waals surface area contributed by atoms with Crippen molar-refractivity contribution >= 4 is 45.4 Å². The van der Waals surface area contributed by atoms with E-state index >= 15 is 8.78 Å². The number of thioether (sulfide) groups is 1. The van der Waals surface area contributed by atoms with E-state index in [2.05, 4.69) is 31.2 Å². The monoisotopic (exact) mass is 565 g/mol. The quantitative estimate of drug-likeness (QED) is 0.424. The maximum Gasteiger partial charge on any atom is 0.239 e. The zero-order valence-electron chi connectivity index (χ0n) is 22.4. The molecule has 0 radical (unpaired) electrons. The van der Waals surface area contributed by atoms with Gasteiger partial charge in [-0.05, 0) is 32.8 Å². The van der Waals surface area contributed by atoms with Gasteiger partial charge in [0, 0.05) is 42.4 Å². The van der Waals surface area contributed by atoms with Crippen LogP contribution in [0.2, 0.25) is 0 Å². The largest absolute Gasteiger partial charge is 0.479 e. The van der Waals surface area contributed by atoms with E-state index in [0.29, 0.717) is 29.9 Å². The second-order valence-electron chi connectivity index (χ2n) is 10.2. The molecule has 0 spiro atoms. The van der Waals surface area contributed by atoms with Gasteiger partial charge in [-0.15, -0.1) is 6.42 Å². The number of aromatic nitrogens is 3. The Morgan fingerprint density at radius 3 is 2.73 bits per heavy atom. The molecule has 3 aromatic rings. The molecule has 5 rings (SSSR count). The van der Waals surface area contributed by atoms with Crippen molar-refractivity contribution in [3.8, 4) is 18.1 Å². The molecule has 40 heavy (non-hydrogen) atoms. The minimum Gasteiger partial charge on any atom is -0.479 e. The molecule has 3 N–H and O–H groups in total. The van der Waals surface area contributed by atoms with Crippen LogP contribution in [-0.2, 0) is 10.3 Å². The topological polar surface area (TPSA) is 119 Å². The molecule has 1 aromatic carbocycles. The highest BCUT2D eigenvalue weighted by molar-refractivity contribution is 8.15. The summed E-state index contributed by atoms with van der Waals surface area (Å²) in [7, 11) is 0. The second-order valence-corrected chi connectivity index (χ2v) is 11.7. The second kappa shape index (κ2) is 10.5. The van der Waals surface area contributed by atoms with Crippen LogP contribution in [-0.4, -0.2) is 55.4 Å². The van der Waals surface area contributed by atoms with Gasteiger partial charge in [-0.25, -0.2) is 23.7 Å². The number of benzene rings is 1. The van der Waals surface area contributed by atoms with Crippen LogP contribution in [0.5, 0.6) is 5.75 Å². The molecule has 2 aromatic heterocycles. The molecular weight excluding hydrogens is 536 g/mol. The third-order valence-corrected chi connectivity index (χ3v) is 9.01. The standard InChI is InChI=1S/C28H29F2N7O2S/c1-5-10-39-18-13-21-23(32-14-18)24(34-15-33-21)35-17-11-19(22(30)20(29)12-17)27(3)16(2)28(4,40-26(31)36-27)25(38)37-8-6-7-9-37/h1,11-16H,6-10H2,2-4H3,(H2,31,36)(H,33,34,35)/t16-,27-,28-/m0/s1. The Morgan fingerprint density at radius 2 is 2.00 bits per heavy atom. The lowest BCUT2D eigenvalue weighted by atomic mass is 9.73. The fourth-order valence-corrected chi connectivity index (χ4v) is 6.63. The van der Waals surface area contributed by atoms with Gasteiger partial charge in [-0.2, -0.15) is 0 Å². The Labute approximate surface area is 235 Å². The van der Waals surface area contributed by atoms with Crippen LogP contribution in [0.3, 0.4) is 0 Å². The highest BCUT2D eigenvalue weighted by atomic mass is 32.2. The summed E-state index contributed by atoms with van der Waals surface area (Å²) in [6.07, 6.45) is 9.91. The number of amides is 1. The van der Waals surface area contributed by atoms with Crippen molar-refractivity contribution < 1.29 is 18.3 Å². The highest BCUT2D eigenvalue weighted by Gasteiger charge is 2.55. The Morgan fingerprint density at radius 1 is 1.25 bits per heavy atom. The first-order chi connectivity index (χ1) is 19.1. The number of fused-ring (bicyclic) bond motifs is 1. The number of ether oxygens (including phenoxy) is 1. The van der Waals surface area contributed by atoms with Gasteiger partial charge in [-0.1, -0.05) is 24.6 Å². The van der Waals surface area contributed by atoms with Crippen molar-refractivity contribution in [3.63, 3.8) is 0 Å². The molecule has 12 heteroatoms. The number of aliphatic imine (C=N–C) groups is 1. The lowest BCUT2D eigenvalue weighted by molar-refractivity contribution is -0.134. The van der Waals surface area contributed by atoms with Crippen LogP contribution in [0.15, 0.2) is 35.7 Å². The molecule has 0 saturated carbocycles. The fraction of sp³-hybridized carbons (Fsp3) is 0.393. The van der Waals surface area contributed by atoms with Crippen LogP contribution < -0.4 is 15.8 Å². The van der Waals surface area contributed by atoms with Crippen LogP contribution in [0.25, 0.3) is 11.0 Å². The summed E-state index contributed by atoms with van der Waals surface area (Å²) in [4.78, 5) is 32.9. The number of hydrogen-bond donors (Lipinski definition) is 2. The molecule has 3 atom stereocenters. The van der Waals surface area contributed by atoms with Crippen LogP contribution in [0, 0.1) is 29.9 Å². The third kappa shape index (κ3) is 4.79. The average Bonchev–Trinajstić information content (AvgIpc) is 3.47. The molecule has 2 aliphatic rings. The highest BCUT2D eigenvalue weighted by Crippen LogP contribution is 2.51. The predicted molar refractivity (Wildman–Crippen MR) is 151 cm³/mol. The van der Waals surface area contributed by atoms with Gasteiger partial charge in [0.2, 0.25) is 5.91 Å².